The average Bonchev–Trinajstić information content (AvgIpc) is 3.82. The minimum absolute atomic E-state index is 0.669. The smallest absolute Gasteiger partial charge is 0.161 e. The first-order valence-corrected chi connectivity index (χ1v) is 20.9. The molecule has 0 unspecified atom stereocenters. The highest BCUT2D eigenvalue weighted by molar-refractivity contribution is 14.2. The molecule has 0 saturated carbocycles. The zero-order chi connectivity index (χ0) is 37.0. The van der Waals surface area contributed by atoms with Gasteiger partial charge in [-0.2, -0.15) is 0 Å². The van der Waals surface area contributed by atoms with Gasteiger partial charge in [-0.1, -0.05) is 158 Å². The van der Waals surface area contributed by atoms with E-state index in [1.165, 1.54) is 21.9 Å². The van der Waals surface area contributed by atoms with E-state index < -0.39 is 20.7 Å². The fourth-order valence-corrected chi connectivity index (χ4v) is 10.4. The van der Waals surface area contributed by atoms with Crippen LogP contribution in [-0.2, 0) is 0 Å². The van der Waals surface area contributed by atoms with Crippen molar-refractivity contribution in [3.63, 3.8) is 0 Å². The quantitative estimate of drug-likeness (QED) is 0.154. The number of aliphatic imine (C=N–C) groups is 2. The van der Waals surface area contributed by atoms with E-state index in [4.69, 9.17) is 14.4 Å². The summed E-state index contributed by atoms with van der Waals surface area (Å²) in [6.07, 6.45) is 0. The molecule has 2 aromatic heterocycles. The lowest BCUT2D eigenvalue weighted by atomic mass is 10.00. The highest BCUT2D eigenvalue weighted by Gasteiger charge is 2.20. The Morgan fingerprint density at radius 2 is 1.09 bits per heavy atom. The van der Waals surface area contributed by atoms with Gasteiger partial charge in [0.25, 0.3) is 0 Å². The van der Waals surface area contributed by atoms with E-state index in [1.807, 2.05) is 30.3 Å². The Morgan fingerprint density at radius 1 is 0.411 bits per heavy atom. The van der Waals surface area contributed by atoms with Crippen LogP contribution >= 0.6 is 20.7 Å². The Hall–Kier alpha value is -6.70. The minimum Gasteiger partial charge on any atom is -0.455 e. The van der Waals surface area contributed by atoms with E-state index in [-0.39, 0.29) is 0 Å². The van der Waals surface area contributed by atoms with Crippen LogP contribution in [0.25, 0.3) is 71.7 Å². The third-order valence-corrected chi connectivity index (χ3v) is 13.3. The van der Waals surface area contributed by atoms with Crippen LogP contribution in [0.3, 0.4) is 0 Å². The summed E-state index contributed by atoms with van der Waals surface area (Å²) in [5.74, 6) is 0.755. The SMILES string of the molecule is c1ccc(C2=NC(c3cccc(-n4c5ccc(-c6ccccc6)cc5c5ccc(-c6cccc7c6oc6ccccc67)cc54)c3)=IC(c3ccccc3)=N2)cc1. The molecule has 0 saturated heterocycles. The molecule has 264 valence electrons. The normalized spacial score (nSPS) is 13.1. The Kier molecular flexibility index (Phi) is 7.91. The van der Waals surface area contributed by atoms with E-state index in [2.05, 4.69) is 168 Å². The summed E-state index contributed by atoms with van der Waals surface area (Å²) in [6.45, 7) is 0. The molecule has 1 aliphatic rings. The van der Waals surface area contributed by atoms with Crippen molar-refractivity contribution in [2.45, 2.75) is 0 Å². The molecule has 5 heteroatoms. The molecule has 0 fully saturated rings. The molecule has 1 aliphatic heterocycles. The maximum atomic E-state index is 6.52. The van der Waals surface area contributed by atoms with Gasteiger partial charge in [0, 0.05) is 49.5 Å². The first-order chi connectivity index (χ1) is 27.7. The van der Waals surface area contributed by atoms with Gasteiger partial charge in [-0.25, -0.2) is 9.98 Å². The monoisotopic (exact) mass is 829 g/mol. The number of fused-ring (bicyclic) bond motifs is 6. The van der Waals surface area contributed by atoms with Crippen molar-refractivity contribution >= 4 is 77.7 Å². The minimum atomic E-state index is -0.669. The number of amidine groups is 1. The van der Waals surface area contributed by atoms with Crippen LogP contribution in [0.5, 0.6) is 0 Å². The van der Waals surface area contributed by atoms with Crippen molar-refractivity contribution in [1.29, 1.82) is 0 Å². The predicted octanol–water partition coefficient (Wildman–Crippen LogP) is 13.4. The zero-order valence-corrected chi connectivity index (χ0v) is 32.3. The van der Waals surface area contributed by atoms with Crippen molar-refractivity contribution in [3.8, 4) is 27.9 Å². The Balaban J connectivity index is 1.12. The largest absolute Gasteiger partial charge is 0.455 e. The third-order valence-electron chi connectivity index (χ3n) is 10.6. The number of hydrogen-bond acceptors (Lipinski definition) is 3. The molecule has 0 bridgehead atoms. The molecule has 0 atom stereocenters. The van der Waals surface area contributed by atoms with Crippen LogP contribution in [0.2, 0.25) is 0 Å². The van der Waals surface area contributed by atoms with Crippen LogP contribution in [0.4, 0.5) is 0 Å². The van der Waals surface area contributed by atoms with Gasteiger partial charge in [0.2, 0.25) is 0 Å². The predicted molar refractivity (Wildman–Crippen MR) is 243 cm³/mol. The lowest BCUT2D eigenvalue weighted by molar-refractivity contribution is 0.670. The van der Waals surface area contributed by atoms with E-state index >= 15 is 0 Å². The Bertz CT molecular complexity index is 3190. The molecule has 0 amide bonds. The molecule has 4 nitrogen and oxygen atoms in total. The second-order valence-corrected chi connectivity index (χ2v) is 16.5. The van der Waals surface area contributed by atoms with Gasteiger partial charge >= 0.3 is 0 Å². The molecule has 0 spiro atoms. The summed E-state index contributed by atoms with van der Waals surface area (Å²) in [5, 5.41) is 4.66. The van der Waals surface area contributed by atoms with Crippen LogP contribution in [-0.4, -0.2) is 17.8 Å². The molecule has 10 aromatic rings. The zero-order valence-electron chi connectivity index (χ0n) is 30.1. The Morgan fingerprint density at radius 3 is 1.91 bits per heavy atom. The average molecular weight is 830 g/mol. The molecule has 56 heavy (non-hydrogen) atoms. The summed E-state index contributed by atoms with van der Waals surface area (Å²) in [7, 11) is 0. The summed E-state index contributed by atoms with van der Waals surface area (Å²) in [6, 6.07) is 68.9. The van der Waals surface area contributed by atoms with E-state index in [0.29, 0.717) is 0 Å². The summed E-state index contributed by atoms with van der Waals surface area (Å²) < 4.78 is 11.2. The first kappa shape index (κ1) is 32.7. The lowest BCUT2D eigenvalue weighted by Crippen LogP contribution is -2.11. The number of furan rings is 1. The van der Waals surface area contributed by atoms with Gasteiger partial charge in [-0.3, -0.25) is 0 Å². The van der Waals surface area contributed by atoms with Gasteiger partial charge in [0.15, 0.2) is 5.84 Å². The van der Waals surface area contributed by atoms with Gasteiger partial charge in [-0.15, -0.1) is 0 Å². The second kappa shape index (κ2) is 13.6. The lowest BCUT2D eigenvalue weighted by Gasteiger charge is -2.15. The molecule has 11 rings (SSSR count). The van der Waals surface area contributed by atoms with Crippen LogP contribution in [0.1, 0.15) is 16.7 Å². The number of benzene rings is 8. The fraction of sp³-hybridized carbons (Fsp3) is 0. The Labute approximate surface area is 333 Å². The summed E-state index contributed by atoms with van der Waals surface area (Å²) in [4.78, 5) is 10.4. The van der Waals surface area contributed by atoms with Gasteiger partial charge in [-0.05, 0) is 73.8 Å². The fourth-order valence-electron chi connectivity index (χ4n) is 7.89. The van der Waals surface area contributed by atoms with Crippen LogP contribution in [0, 0.1) is 0 Å². The summed E-state index contributed by atoms with van der Waals surface area (Å²) >= 11 is -0.669. The highest BCUT2D eigenvalue weighted by Crippen LogP contribution is 2.40. The molecule has 0 radical (unpaired) electrons. The molecular formula is C51H32IN3O. The van der Waals surface area contributed by atoms with Crippen molar-refractivity contribution in [2.75, 3.05) is 0 Å². The number of para-hydroxylation sites is 2. The molecular weight excluding hydrogens is 797 g/mol. The highest BCUT2D eigenvalue weighted by atomic mass is 127. The molecule has 0 aliphatic carbocycles. The van der Waals surface area contributed by atoms with Crippen molar-refractivity contribution in [1.82, 2.24) is 4.57 Å². The number of rotatable bonds is 6. The first-order valence-electron chi connectivity index (χ1n) is 18.7. The van der Waals surface area contributed by atoms with Gasteiger partial charge < -0.3 is 8.98 Å². The maximum Gasteiger partial charge on any atom is 0.161 e. The third kappa shape index (κ3) is 5.62. The number of aromatic nitrogens is 1. The second-order valence-electron chi connectivity index (χ2n) is 14.0. The molecule has 3 heterocycles. The van der Waals surface area contributed by atoms with Crippen LogP contribution in [0.15, 0.2) is 209 Å². The molecule has 0 N–H and O–H groups in total. The van der Waals surface area contributed by atoms with E-state index in [0.717, 1.165) is 79.7 Å². The van der Waals surface area contributed by atoms with Crippen molar-refractivity contribution in [2.24, 2.45) is 9.98 Å². The number of halogens is 1. The van der Waals surface area contributed by atoms with Gasteiger partial charge in [0.05, 0.1) is 11.0 Å². The summed E-state index contributed by atoms with van der Waals surface area (Å²) in [5.41, 5.74) is 13.1. The van der Waals surface area contributed by atoms with Gasteiger partial charge in [0.1, 0.15) is 18.5 Å². The topological polar surface area (TPSA) is 42.8 Å². The van der Waals surface area contributed by atoms with E-state index in [1.54, 1.807) is 0 Å². The van der Waals surface area contributed by atoms with Crippen molar-refractivity contribution < 1.29 is 4.42 Å². The standard InChI is InChI=1S/C51H32IN3O/c1-4-14-33(15-5-1)36-27-29-45-44(31-36)41-28-26-37(40-23-13-24-43-42-22-10-11-25-47(42)56-48(40)43)32-46(41)55(45)39-21-12-20-38(30-39)50-52-49(34-16-6-2-7-17-34)53-51(54-50)35-18-8-3-9-19-35/h1-32H. The number of nitrogens with zero attached hydrogens (tertiary/aromatic N) is 3. The number of hydrogen-bond donors (Lipinski definition) is 0. The maximum absolute atomic E-state index is 6.52. The van der Waals surface area contributed by atoms with E-state index in [9.17, 15) is 0 Å². The van der Waals surface area contributed by atoms with Crippen LogP contribution < -0.4 is 0 Å². The van der Waals surface area contributed by atoms with Crippen molar-refractivity contribution in [3.05, 3.63) is 211 Å². The molecule has 8 aromatic carbocycles.